The number of carbonyl (C=O) groups is 2. The van der Waals surface area contributed by atoms with Crippen LogP contribution >= 0.6 is 0 Å². The van der Waals surface area contributed by atoms with Gasteiger partial charge in [-0.25, -0.2) is 0 Å². The molecule has 4 nitrogen and oxygen atoms in total. The molecule has 1 aliphatic heterocycles. The number of rotatable bonds is 5. The van der Waals surface area contributed by atoms with Crippen molar-refractivity contribution in [1.82, 2.24) is 5.32 Å². The van der Waals surface area contributed by atoms with E-state index in [4.69, 9.17) is 0 Å². The number of amides is 2. The normalized spacial score (nSPS) is 17.0. The molecule has 1 aliphatic rings. The fourth-order valence-electron chi connectivity index (χ4n) is 3.35. The molecule has 2 aromatic carbocycles. The lowest BCUT2D eigenvalue weighted by atomic mass is 10.1. The van der Waals surface area contributed by atoms with Crippen molar-refractivity contribution in [3.8, 4) is 0 Å². The summed E-state index contributed by atoms with van der Waals surface area (Å²) in [6.45, 7) is 4.70. The van der Waals surface area contributed by atoms with Crippen molar-refractivity contribution in [1.29, 1.82) is 0 Å². The molecule has 0 aliphatic carbocycles. The Balaban J connectivity index is 1.57. The number of anilines is 1. The third-order valence-corrected chi connectivity index (χ3v) is 4.54. The molecular formula is C21H24N2O2. The van der Waals surface area contributed by atoms with Crippen LogP contribution in [0.25, 0.3) is 0 Å². The van der Waals surface area contributed by atoms with E-state index in [1.165, 1.54) is 0 Å². The number of benzene rings is 2. The van der Waals surface area contributed by atoms with Crippen LogP contribution in [0.5, 0.6) is 0 Å². The average Bonchev–Trinajstić information content (AvgIpc) is 2.94. The maximum absolute atomic E-state index is 12.6. The fraction of sp³-hybridized carbons (Fsp3) is 0.333. The van der Waals surface area contributed by atoms with E-state index in [1.807, 2.05) is 56.3 Å². The quantitative estimate of drug-likeness (QED) is 0.912. The Morgan fingerprint density at radius 1 is 1.12 bits per heavy atom. The molecule has 0 radical (unpaired) electrons. The van der Waals surface area contributed by atoms with E-state index >= 15 is 0 Å². The number of hydrogen-bond donors (Lipinski definition) is 1. The summed E-state index contributed by atoms with van der Waals surface area (Å²) in [5, 5.41) is 2.90. The molecule has 0 aromatic heterocycles. The number of nitrogens with zero attached hydrogens (tertiary/aromatic N) is 1. The molecule has 1 saturated heterocycles. The molecule has 0 saturated carbocycles. The number of carbonyl (C=O) groups excluding carboxylic acids is 2. The Morgan fingerprint density at radius 3 is 2.48 bits per heavy atom. The van der Waals surface area contributed by atoms with Gasteiger partial charge in [0.1, 0.15) is 6.04 Å². The molecule has 2 aromatic rings. The molecule has 1 N–H and O–H groups in total. The van der Waals surface area contributed by atoms with E-state index in [0.29, 0.717) is 25.8 Å². The fourth-order valence-corrected chi connectivity index (χ4v) is 3.35. The minimum Gasteiger partial charge on any atom is -0.344 e. The molecule has 0 unspecified atom stereocenters. The van der Waals surface area contributed by atoms with Gasteiger partial charge in [0.25, 0.3) is 0 Å². The first kappa shape index (κ1) is 17.2. The molecule has 130 valence electrons. The van der Waals surface area contributed by atoms with E-state index in [-0.39, 0.29) is 11.8 Å². The second-order valence-corrected chi connectivity index (χ2v) is 6.73. The Hall–Kier alpha value is -2.62. The van der Waals surface area contributed by atoms with Gasteiger partial charge in [0, 0.05) is 18.7 Å². The highest BCUT2D eigenvalue weighted by Gasteiger charge is 2.33. The van der Waals surface area contributed by atoms with Gasteiger partial charge in [0.15, 0.2) is 0 Å². The highest BCUT2D eigenvalue weighted by molar-refractivity contribution is 6.01. The average molecular weight is 336 g/mol. The van der Waals surface area contributed by atoms with Gasteiger partial charge >= 0.3 is 0 Å². The van der Waals surface area contributed by atoms with E-state index in [2.05, 4.69) is 11.4 Å². The molecule has 1 atom stereocenters. The summed E-state index contributed by atoms with van der Waals surface area (Å²) in [4.78, 5) is 26.6. The molecular weight excluding hydrogens is 312 g/mol. The van der Waals surface area contributed by atoms with E-state index in [1.54, 1.807) is 4.90 Å². The number of nitrogens with one attached hydrogen (secondary N) is 1. The van der Waals surface area contributed by atoms with Gasteiger partial charge in [-0.2, -0.15) is 0 Å². The molecule has 2 amide bonds. The van der Waals surface area contributed by atoms with Crippen molar-refractivity contribution in [3.05, 3.63) is 65.2 Å². The van der Waals surface area contributed by atoms with Gasteiger partial charge in [0.05, 0.1) is 0 Å². The summed E-state index contributed by atoms with van der Waals surface area (Å²) in [5.74, 6) is -0.0810. The monoisotopic (exact) mass is 336 g/mol. The molecule has 4 heteroatoms. The smallest absolute Gasteiger partial charge is 0.249 e. The van der Waals surface area contributed by atoms with E-state index in [9.17, 15) is 9.59 Å². The van der Waals surface area contributed by atoms with Gasteiger partial charge in [-0.1, -0.05) is 36.4 Å². The van der Waals surface area contributed by atoms with Gasteiger partial charge in [-0.15, -0.1) is 0 Å². The third-order valence-electron chi connectivity index (χ3n) is 4.54. The topological polar surface area (TPSA) is 49.4 Å². The third kappa shape index (κ3) is 4.27. The van der Waals surface area contributed by atoms with Crippen LogP contribution in [-0.4, -0.2) is 24.4 Å². The summed E-state index contributed by atoms with van der Waals surface area (Å²) >= 11 is 0. The highest BCUT2D eigenvalue weighted by atomic mass is 16.2. The van der Waals surface area contributed by atoms with Crippen molar-refractivity contribution in [3.63, 3.8) is 0 Å². The van der Waals surface area contributed by atoms with Crippen molar-refractivity contribution < 1.29 is 9.59 Å². The predicted octanol–water partition coefficient (Wildman–Crippen LogP) is 3.16. The maximum atomic E-state index is 12.6. The SMILES string of the molecule is Cc1cc(C)cc(N2CC[C@H](NC(=O)CCc3ccccc3)C2=O)c1. The Bertz CT molecular complexity index is 750. The van der Waals surface area contributed by atoms with Crippen LogP contribution in [0.2, 0.25) is 0 Å². The van der Waals surface area contributed by atoms with Crippen LogP contribution < -0.4 is 10.2 Å². The summed E-state index contributed by atoms with van der Waals surface area (Å²) in [6.07, 6.45) is 1.74. The van der Waals surface area contributed by atoms with Crippen molar-refractivity contribution >= 4 is 17.5 Å². The molecule has 1 fully saturated rings. The van der Waals surface area contributed by atoms with Crippen molar-refractivity contribution in [2.24, 2.45) is 0 Å². The van der Waals surface area contributed by atoms with Gasteiger partial charge in [0.2, 0.25) is 11.8 Å². The summed E-state index contributed by atoms with van der Waals surface area (Å²) in [7, 11) is 0. The minimum absolute atomic E-state index is 0.0157. The van der Waals surface area contributed by atoms with Gasteiger partial charge in [-0.05, 0) is 55.5 Å². The van der Waals surface area contributed by atoms with Crippen LogP contribution in [0.15, 0.2) is 48.5 Å². The van der Waals surface area contributed by atoms with Gasteiger partial charge < -0.3 is 10.2 Å². The zero-order valence-electron chi connectivity index (χ0n) is 14.8. The second-order valence-electron chi connectivity index (χ2n) is 6.73. The predicted molar refractivity (Wildman–Crippen MR) is 99.6 cm³/mol. The maximum Gasteiger partial charge on any atom is 0.249 e. The van der Waals surface area contributed by atoms with Gasteiger partial charge in [-0.3, -0.25) is 9.59 Å². The number of hydrogen-bond acceptors (Lipinski definition) is 2. The Morgan fingerprint density at radius 2 is 1.80 bits per heavy atom. The lowest BCUT2D eigenvalue weighted by Crippen LogP contribution is -2.41. The first-order valence-electron chi connectivity index (χ1n) is 8.76. The molecule has 0 spiro atoms. The molecule has 25 heavy (non-hydrogen) atoms. The second kappa shape index (κ2) is 7.51. The molecule has 0 bridgehead atoms. The number of aryl methyl sites for hydroxylation is 3. The largest absolute Gasteiger partial charge is 0.344 e. The zero-order chi connectivity index (χ0) is 17.8. The molecule has 3 rings (SSSR count). The lowest BCUT2D eigenvalue weighted by molar-refractivity contribution is -0.126. The lowest BCUT2D eigenvalue weighted by Gasteiger charge is -2.18. The van der Waals surface area contributed by atoms with E-state index < -0.39 is 6.04 Å². The Labute approximate surface area is 148 Å². The highest BCUT2D eigenvalue weighted by Crippen LogP contribution is 2.24. The van der Waals surface area contributed by atoms with Crippen LogP contribution in [0.4, 0.5) is 5.69 Å². The van der Waals surface area contributed by atoms with Crippen molar-refractivity contribution in [2.45, 2.75) is 39.2 Å². The minimum atomic E-state index is -0.413. The van der Waals surface area contributed by atoms with Crippen molar-refractivity contribution in [2.75, 3.05) is 11.4 Å². The first-order valence-corrected chi connectivity index (χ1v) is 8.76. The Kier molecular flexibility index (Phi) is 5.17. The summed E-state index contributed by atoms with van der Waals surface area (Å²) in [5.41, 5.74) is 4.33. The van der Waals surface area contributed by atoms with Crippen LogP contribution in [-0.2, 0) is 16.0 Å². The van der Waals surface area contributed by atoms with Crippen LogP contribution in [0.1, 0.15) is 29.5 Å². The molecule has 1 heterocycles. The first-order chi connectivity index (χ1) is 12.0. The standard InChI is InChI=1S/C21H24N2O2/c1-15-12-16(2)14-18(13-15)23-11-10-19(21(23)25)22-20(24)9-8-17-6-4-3-5-7-17/h3-7,12-14,19H,8-11H2,1-2H3,(H,22,24)/t19-/m0/s1. The summed E-state index contributed by atoms with van der Waals surface area (Å²) < 4.78 is 0. The van der Waals surface area contributed by atoms with Crippen LogP contribution in [0.3, 0.4) is 0 Å². The summed E-state index contributed by atoms with van der Waals surface area (Å²) in [6, 6.07) is 15.6. The van der Waals surface area contributed by atoms with Crippen LogP contribution in [0, 0.1) is 13.8 Å². The van der Waals surface area contributed by atoms with E-state index in [0.717, 1.165) is 22.4 Å². The zero-order valence-corrected chi connectivity index (χ0v) is 14.8.